The summed E-state index contributed by atoms with van der Waals surface area (Å²) in [7, 11) is 0. The molecule has 1 rings (SSSR count). The molecule has 0 aliphatic carbocycles. The molecule has 0 radical (unpaired) electrons. The number of thiazole rings is 1. The van der Waals surface area contributed by atoms with Gasteiger partial charge in [0.05, 0.1) is 6.61 Å². The molecule has 0 aromatic carbocycles. The summed E-state index contributed by atoms with van der Waals surface area (Å²) < 4.78 is 4.62. The van der Waals surface area contributed by atoms with Crippen molar-refractivity contribution in [3.63, 3.8) is 0 Å². The molecular formula is C10H11N3O3S2. The van der Waals surface area contributed by atoms with Crippen LogP contribution in [0, 0.1) is 0 Å². The van der Waals surface area contributed by atoms with Crippen molar-refractivity contribution in [1.29, 1.82) is 0 Å². The van der Waals surface area contributed by atoms with E-state index in [9.17, 15) is 9.59 Å². The first-order valence-electron chi connectivity index (χ1n) is 4.98. The number of thiocarbonyl (C=S) groups is 1. The van der Waals surface area contributed by atoms with Gasteiger partial charge in [0.2, 0.25) is 5.91 Å². The van der Waals surface area contributed by atoms with E-state index in [-0.39, 0.29) is 11.7 Å². The van der Waals surface area contributed by atoms with E-state index in [1.54, 1.807) is 18.5 Å². The van der Waals surface area contributed by atoms with Crippen LogP contribution in [-0.4, -0.2) is 28.6 Å². The molecular weight excluding hydrogens is 274 g/mol. The van der Waals surface area contributed by atoms with Crippen molar-refractivity contribution in [3.8, 4) is 0 Å². The zero-order chi connectivity index (χ0) is 13.4. The van der Waals surface area contributed by atoms with Crippen molar-refractivity contribution in [3.05, 3.63) is 23.7 Å². The molecule has 96 valence electrons. The Morgan fingerprint density at radius 2 is 2.33 bits per heavy atom. The van der Waals surface area contributed by atoms with Crippen molar-refractivity contribution in [2.75, 3.05) is 11.9 Å². The van der Waals surface area contributed by atoms with Gasteiger partial charge in [-0.15, -0.1) is 11.3 Å². The number of hydrogen-bond donors (Lipinski definition) is 2. The highest BCUT2D eigenvalue weighted by Gasteiger charge is 2.03. The van der Waals surface area contributed by atoms with Crippen LogP contribution in [0.5, 0.6) is 0 Å². The monoisotopic (exact) mass is 285 g/mol. The molecule has 1 heterocycles. The number of aromatic nitrogens is 1. The van der Waals surface area contributed by atoms with E-state index in [0.717, 1.165) is 12.2 Å². The molecule has 8 heteroatoms. The number of carbonyl (C=O) groups excluding carboxylic acids is 2. The van der Waals surface area contributed by atoms with E-state index in [1.807, 2.05) is 0 Å². The summed E-state index contributed by atoms with van der Waals surface area (Å²) in [6, 6.07) is 0. The fourth-order valence-corrected chi connectivity index (χ4v) is 1.70. The molecule has 1 aromatic rings. The number of ether oxygens (including phenoxy) is 1. The molecule has 2 N–H and O–H groups in total. The van der Waals surface area contributed by atoms with E-state index >= 15 is 0 Å². The number of carbonyl (C=O) groups is 2. The Kier molecular flexibility index (Phi) is 5.95. The number of nitrogens with one attached hydrogen (secondary N) is 2. The van der Waals surface area contributed by atoms with Crippen LogP contribution >= 0.6 is 23.6 Å². The van der Waals surface area contributed by atoms with Gasteiger partial charge in [0.15, 0.2) is 10.2 Å². The highest BCUT2D eigenvalue weighted by molar-refractivity contribution is 7.80. The third-order valence-corrected chi connectivity index (χ3v) is 2.44. The van der Waals surface area contributed by atoms with E-state index < -0.39 is 11.9 Å². The molecule has 0 bridgehead atoms. The smallest absolute Gasteiger partial charge is 0.330 e. The summed E-state index contributed by atoms with van der Waals surface area (Å²) >= 11 is 6.23. The number of rotatable bonds is 4. The van der Waals surface area contributed by atoms with Crippen LogP contribution in [0.2, 0.25) is 0 Å². The molecule has 0 saturated carbocycles. The van der Waals surface area contributed by atoms with Gasteiger partial charge >= 0.3 is 5.97 Å². The molecule has 0 unspecified atom stereocenters. The fraction of sp³-hybridized carbons (Fsp3) is 0.200. The van der Waals surface area contributed by atoms with Crippen LogP contribution in [0.25, 0.3) is 0 Å². The maximum atomic E-state index is 11.3. The van der Waals surface area contributed by atoms with Gasteiger partial charge in [0, 0.05) is 23.7 Å². The SMILES string of the molecule is CCOC(=O)/C=C/C(=O)NC(=S)Nc1nccs1. The second-order valence-electron chi connectivity index (χ2n) is 2.87. The second kappa shape index (κ2) is 7.51. The summed E-state index contributed by atoms with van der Waals surface area (Å²) in [4.78, 5) is 26.2. The van der Waals surface area contributed by atoms with Crippen LogP contribution in [0.1, 0.15) is 6.92 Å². The second-order valence-corrected chi connectivity index (χ2v) is 4.17. The maximum absolute atomic E-state index is 11.3. The minimum absolute atomic E-state index is 0.114. The molecule has 0 aliphatic rings. The number of hydrogen-bond acceptors (Lipinski definition) is 6. The van der Waals surface area contributed by atoms with Gasteiger partial charge in [-0.05, 0) is 19.1 Å². The average molecular weight is 285 g/mol. The molecule has 18 heavy (non-hydrogen) atoms. The standard InChI is InChI=1S/C10H11N3O3S2/c1-2-16-8(15)4-3-7(14)12-9(17)13-10-11-5-6-18-10/h3-6H,2H2,1H3,(H2,11,12,13,14,17)/b4-3+. The van der Waals surface area contributed by atoms with Gasteiger partial charge < -0.3 is 10.1 Å². The first-order chi connectivity index (χ1) is 8.61. The van der Waals surface area contributed by atoms with Gasteiger partial charge in [-0.1, -0.05) is 0 Å². The van der Waals surface area contributed by atoms with Crippen molar-refractivity contribution < 1.29 is 14.3 Å². The number of anilines is 1. The van der Waals surface area contributed by atoms with Crippen molar-refractivity contribution in [2.24, 2.45) is 0 Å². The quantitative estimate of drug-likeness (QED) is 0.489. The molecule has 0 saturated heterocycles. The van der Waals surface area contributed by atoms with Gasteiger partial charge in [0.1, 0.15) is 0 Å². The van der Waals surface area contributed by atoms with Crippen LogP contribution in [0.4, 0.5) is 5.13 Å². The van der Waals surface area contributed by atoms with Crippen molar-refractivity contribution in [1.82, 2.24) is 10.3 Å². The largest absolute Gasteiger partial charge is 0.463 e. The molecule has 1 aromatic heterocycles. The summed E-state index contributed by atoms with van der Waals surface area (Å²) in [6.45, 7) is 1.94. The number of esters is 1. The molecule has 0 fully saturated rings. The van der Waals surface area contributed by atoms with E-state index in [1.165, 1.54) is 11.3 Å². The summed E-state index contributed by atoms with van der Waals surface area (Å²) in [5, 5.41) is 7.56. The predicted molar refractivity (Wildman–Crippen MR) is 72.3 cm³/mol. The van der Waals surface area contributed by atoms with Crippen molar-refractivity contribution in [2.45, 2.75) is 6.92 Å². The Morgan fingerprint density at radius 1 is 1.56 bits per heavy atom. The van der Waals surface area contributed by atoms with Crippen LogP contribution < -0.4 is 10.6 Å². The molecule has 0 atom stereocenters. The fourth-order valence-electron chi connectivity index (χ4n) is 0.901. The average Bonchev–Trinajstić information content (AvgIpc) is 2.79. The first-order valence-corrected chi connectivity index (χ1v) is 6.27. The zero-order valence-electron chi connectivity index (χ0n) is 9.50. The number of amides is 1. The highest BCUT2D eigenvalue weighted by atomic mass is 32.1. The van der Waals surface area contributed by atoms with Crippen LogP contribution in [0.15, 0.2) is 23.7 Å². The minimum Gasteiger partial charge on any atom is -0.463 e. The molecule has 1 amide bonds. The summed E-state index contributed by atoms with van der Waals surface area (Å²) in [5.74, 6) is -1.09. The molecule has 0 aliphatic heterocycles. The van der Waals surface area contributed by atoms with E-state index in [2.05, 4.69) is 20.4 Å². The summed E-state index contributed by atoms with van der Waals surface area (Å²) in [6.07, 6.45) is 3.69. The summed E-state index contributed by atoms with van der Waals surface area (Å²) in [5.41, 5.74) is 0. The Labute approximate surface area is 113 Å². The topological polar surface area (TPSA) is 80.3 Å². The predicted octanol–water partition coefficient (Wildman–Crippen LogP) is 1.08. The van der Waals surface area contributed by atoms with Crippen LogP contribution in [0.3, 0.4) is 0 Å². The highest BCUT2D eigenvalue weighted by Crippen LogP contribution is 2.09. The Bertz CT molecular complexity index is 457. The van der Waals surface area contributed by atoms with Gasteiger partial charge in [0.25, 0.3) is 0 Å². The lowest BCUT2D eigenvalue weighted by atomic mass is 10.4. The van der Waals surface area contributed by atoms with Crippen LogP contribution in [-0.2, 0) is 14.3 Å². The normalized spacial score (nSPS) is 10.1. The van der Waals surface area contributed by atoms with Gasteiger partial charge in [-0.25, -0.2) is 9.78 Å². The first kappa shape index (κ1) is 14.3. The zero-order valence-corrected chi connectivity index (χ0v) is 11.1. The Hall–Kier alpha value is -1.80. The Balaban J connectivity index is 2.36. The number of nitrogens with zero attached hydrogens (tertiary/aromatic N) is 1. The van der Waals surface area contributed by atoms with Crippen molar-refractivity contribution >= 4 is 45.7 Å². The van der Waals surface area contributed by atoms with Gasteiger partial charge in [-0.3, -0.25) is 10.1 Å². The molecule has 6 nitrogen and oxygen atoms in total. The van der Waals surface area contributed by atoms with E-state index in [0.29, 0.717) is 5.13 Å². The third-order valence-electron chi connectivity index (χ3n) is 1.55. The lowest BCUT2D eigenvalue weighted by molar-refractivity contribution is -0.137. The minimum atomic E-state index is -0.577. The Morgan fingerprint density at radius 3 is 2.94 bits per heavy atom. The van der Waals surface area contributed by atoms with Gasteiger partial charge in [-0.2, -0.15) is 0 Å². The lowest BCUT2D eigenvalue weighted by Gasteiger charge is -2.04. The molecule has 0 spiro atoms. The maximum Gasteiger partial charge on any atom is 0.330 e. The third kappa shape index (κ3) is 5.51. The lowest BCUT2D eigenvalue weighted by Crippen LogP contribution is -2.32. The van der Waals surface area contributed by atoms with E-state index in [4.69, 9.17) is 12.2 Å².